The van der Waals surface area contributed by atoms with Crippen molar-refractivity contribution in [3.05, 3.63) is 276 Å². The van der Waals surface area contributed by atoms with E-state index in [9.17, 15) is 10.5 Å². The van der Waals surface area contributed by atoms with Crippen molar-refractivity contribution in [3.63, 3.8) is 0 Å². The van der Waals surface area contributed by atoms with Gasteiger partial charge in [-0.2, -0.15) is 10.5 Å². The average molecular weight is 1080 g/mol. The van der Waals surface area contributed by atoms with Gasteiger partial charge in [0.25, 0.3) is 0 Å². The summed E-state index contributed by atoms with van der Waals surface area (Å²) in [5.74, 6) is 0. The van der Waals surface area contributed by atoms with Gasteiger partial charge < -0.3 is 18.3 Å². The highest BCUT2D eigenvalue weighted by molar-refractivity contribution is 6.14. The molecule has 8 heteroatoms. The van der Waals surface area contributed by atoms with Gasteiger partial charge in [-0.3, -0.25) is 9.97 Å². The van der Waals surface area contributed by atoms with Crippen molar-refractivity contribution in [2.24, 2.45) is 0 Å². The van der Waals surface area contributed by atoms with Gasteiger partial charge >= 0.3 is 0 Å². The van der Waals surface area contributed by atoms with Gasteiger partial charge in [0.1, 0.15) is 0 Å². The monoisotopic (exact) mass is 1070 g/mol. The number of benzene rings is 10. The lowest BCUT2D eigenvalue weighted by Crippen LogP contribution is -2.05. The molecule has 10 aromatic carbocycles. The molecule has 6 heterocycles. The predicted octanol–water partition coefficient (Wildman–Crippen LogP) is 18.5. The quantitative estimate of drug-likeness (QED) is 0.152. The van der Waals surface area contributed by atoms with Gasteiger partial charge in [0.2, 0.25) is 0 Å². The molecular formula is C76H50N8. The first-order valence-corrected chi connectivity index (χ1v) is 28.3. The van der Waals surface area contributed by atoms with E-state index in [0.29, 0.717) is 11.1 Å². The second kappa shape index (κ2) is 18.9. The van der Waals surface area contributed by atoms with Crippen molar-refractivity contribution >= 4 is 87.2 Å². The Hall–Kier alpha value is -11.3. The lowest BCUT2D eigenvalue weighted by Gasteiger charge is -2.20. The topological polar surface area (TPSA) is 93.1 Å². The fraction of sp³-hybridized carbons (Fsp3) is 0.0526. The number of fused-ring (bicyclic) bond motifs is 12. The molecule has 0 unspecified atom stereocenters. The van der Waals surface area contributed by atoms with Gasteiger partial charge in [0, 0.05) is 54.2 Å². The number of pyridine rings is 2. The van der Waals surface area contributed by atoms with Crippen molar-refractivity contribution in [1.29, 1.82) is 10.5 Å². The number of aryl methyl sites for hydroxylation is 3. The molecule has 0 N–H and O–H groups in total. The van der Waals surface area contributed by atoms with E-state index in [-0.39, 0.29) is 0 Å². The molecule has 0 saturated heterocycles. The lowest BCUT2D eigenvalue weighted by atomic mass is 9.97. The first kappa shape index (κ1) is 48.6. The highest BCUT2D eigenvalue weighted by Crippen LogP contribution is 2.45. The molecule has 0 radical (unpaired) electrons. The molecule has 0 spiro atoms. The minimum atomic E-state index is 0.607. The summed E-state index contributed by atoms with van der Waals surface area (Å²) < 4.78 is 9.49. The van der Waals surface area contributed by atoms with E-state index in [0.717, 1.165) is 117 Å². The van der Waals surface area contributed by atoms with E-state index in [4.69, 9.17) is 9.97 Å². The normalized spacial score (nSPS) is 11.8. The van der Waals surface area contributed by atoms with Crippen molar-refractivity contribution in [1.82, 2.24) is 28.2 Å². The number of hydrogen-bond acceptors (Lipinski definition) is 4. The summed E-state index contributed by atoms with van der Waals surface area (Å²) in [6, 6.07) is 80.3. The van der Waals surface area contributed by atoms with E-state index in [1.165, 1.54) is 49.4 Å². The van der Waals surface area contributed by atoms with Crippen LogP contribution in [0.4, 0.5) is 0 Å². The second-order valence-electron chi connectivity index (χ2n) is 22.3. The Kier molecular flexibility index (Phi) is 10.9. The van der Waals surface area contributed by atoms with Gasteiger partial charge in [-0.05, 0) is 152 Å². The molecule has 84 heavy (non-hydrogen) atoms. The third-order valence-corrected chi connectivity index (χ3v) is 17.3. The maximum atomic E-state index is 9.95. The fourth-order valence-electron chi connectivity index (χ4n) is 13.5. The molecule has 0 saturated carbocycles. The summed E-state index contributed by atoms with van der Waals surface area (Å²) in [5.41, 5.74) is 23.8. The zero-order chi connectivity index (χ0) is 56.3. The summed E-state index contributed by atoms with van der Waals surface area (Å²) in [6.45, 7) is 6.53. The Morgan fingerprint density at radius 3 is 1.19 bits per heavy atom. The summed E-state index contributed by atoms with van der Waals surface area (Å²) in [7, 11) is 0. The van der Waals surface area contributed by atoms with Crippen molar-refractivity contribution in [2.45, 2.75) is 27.2 Å². The molecule has 0 amide bonds. The highest BCUT2D eigenvalue weighted by Gasteiger charge is 2.26. The molecule has 0 aliphatic heterocycles. The maximum Gasteiger partial charge on any atom is 0.0991 e. The zero-order valence-electron chi connectivity index (χ0n) is 46.3. The number of nitriles is 2. The molecule has 8 nitrogen and oxygen atoms in total. The van der Waals surface area contributed by atoms with Crippen LogP contribution in [0.3, 0.4) is 0 Å². The van der Waals surface area contributed by atoms with Crippen LogP contribution < -0.4 is 0 Å². The third kappa shape index (κ3) is 7.38. The molecule has 16 aromatic rings. The fourth-order valence-corrected chi connectivity index (χ4v) is 13.5. The van der Waals surface area contributed by atoms with Crippen molar-refractivity contribution in [3.8, 4) is 57.1 Å². The lowest BCUT2D eigenvalue weighted by molar-refractivity contribution is 1.09. The zero-order valence-corrected chi connectivity index (χ0v) is 46.3. The first-order chi connectivity index (χ1) is 41.3. The summed E-state index contributed by atoms with van der Waals surface area (Å²) >= 11 is 0. The third-order valence-electron chi connectivity index (χ3n) is 17.3. The van der Waals surface area contributed by atoms with E-state index in [2.05, 4.69) is 239 Å². The van der Waals surface area contributed by atoms with Crippen LogP contribution in [0, 0.1) is 43.4 Å². The minimum absolute atomic E-state index is 0.607. The van der Waals surface area contributed by atoms with E-state index >= 15 is 0 Å². The molecule has 0 bridgehead atoms. The summed E-state index contributed by atoms with van der Waals surface area (Å²) in [5, 5.41) is 29.2. The van der Waals surface area contributed by atoms with Crippen LogP contribution in [0.1, 0.15) is 38.9 Å². The number of hydrogen-bond donors (Lipinski definition) is 0. The molecular weight excluding hydrogens is 1020 g/mol. The number of aromatic nitrogens is 6. The van der Waals surface area contributed by atoms with Gasteiger partial charge in [0.05, 0.1) is 115 Å². The second-order valence-corrected chi connectivity index (χ2v) is 22.3. The predicted molar refractivity (Wildman–Crippen MR) is 343 cm³/mol. The highest BCUT2D eigenvalue weighted by atomic mass is 15.1. The van der Waals surface area contributed by atoms with Crippen molar-refractivity contribution < 1.29 is 0 Å². The van der Waals surface area contributed by atoms with E-state index < -0.39 is 0 Å². The van der Waals surface area contributed by atoms with Crippen LogP contribution in [0.25, 0.3) is 132 Å². The SMILES string of the molecule is Cc1ccc2c(c1)c1ccccc1n2-c1cncc(-n2c3ccccc3c3cc(Cc4cc5c6ccccc6n(-c6cncc(-n7c8ccccc8c8ccc(C)cc87)c6-c6ccc(C#N)cc6)c5cc4C)ccc32)c1-c1ccc(C#N)cc1. The van der Waals surface area contributed by atoms with Crippen LogP contribution >= 0.6 is 0 Å². The Bertz CT molecular complexity index is 5520. The Balaban J connectivity index is 0.862. The van der Waals surface area contributed by atoms with E-state index in [1.807, 2.05) is 49.1 Å². The van der Waals surface area contributed by atoms with Crippen LogP contribution in [0.2, 0.25) is 0 Å². The summed E-state index contributed by atoms with van der Waals surface area (Å²) in [6.07, 6.45) is 8.70. The van der Waals surface area contributed by atoms with Gasteiger partial charge in [-0.25, -0.2) is 0 Å². The molecule has 0 atom stereocenters. The van der Waals surface area contributed by atoms with Gasteiger partial charge in [-0.1, -0.05) is 127 Å². The molecule has 6 aromatic heterocycles. The maximum absolute atomic E-state index is 9.95. The molecule has 394 valence electrons. The standard InChI is InChI=1S/C76H50N8/c1-46-21-32-67-60(34-46)56-13-5-9-17-64(56)81(67)71-42-79-43-72(75(71)52-27-22-49(40-77)23-28-52)82-65-18-10-6-14-57(65)61-38-51(26-33-68(61)82)37-54-39-62-58-15-7-11-19-66(58)84(70(62)36-48(54)3)74-45-80-44-73(76(74)53-29-24-50(41-78)25-30-53)83-63-16-8-4-12-55(63)59-31-20-47(2)35-69(59)83/h4-36,38-39,42-45H,37H2,1-3H3. The van der Waals surface area contributed by atoms with Crippen LogP contribution in [-0.2, 0) is 6.42 Å². The number of para-hydroxylation sites is 4. The number of rotatable bonds is 8. The molecule has 0 aliphatic carbocycles. The largest absolute Gasteiger partial charge is 0.307 e. The van der Waals surface area contributed by atoms with Crippen LogP contribution in [0.5, 0.6) is 0 Å². The molecule has 16 rings (SSSR count). The Morgan fingerprint density at radius 2 is 0.702 bits per heavy atom. The first-order valence-electron chi connectivity index (χ1n) is 28.3. The minimum Gasteiger partial charge on any atom is -0.307 e. The van der Waals surface area contributed by atoms with Crippen LogP contribution in [-0.4, -0.2) is 28.2 Å². The van der Waals surface area contributed by atoms with E-state index in [1.54, 1.807) is 0 Å². The average Bonchev–Trinajstić information content (AvgIpc) is 2.07. The van der Waals surface area contributed by atoms with Crippen LogP contribution in [0.15, 0.2) is 237 Å². The summed E-state index contributed by atoms with van der Waals surface area (Å²) in [4.78, 5) is 10.2. The Labute approximate surface area is 483 Å². The molecule has 0 fully saturated rings. The Morgan fingerprint density at radius 1 is 0.333 bits per heavy atom. The smallest absolute Gasteiger partial charge is 0.0991 e. The van der Waals surface area contributed by atoms with Gasteiger partial charge in [-0.15, -0.1) is 0 Å². The molecule has 0 aliphatic rings. The van der Waals surface area contributed by atoms with Gasteiger partial charge in [0.15, 0.2) is 0 Å². The number of nitrogens with zero attached hydrogens (tertiary/aromatic N) is 8. The van der Waals surface area contributed by atoms with Crippen molar-refractivity contribution in [2.75, 3.05) is 0 Å².